The molecule has 0 bridgehead atoms. The lowest BCUT2D eigenvalue weighted by molar-refractivity contribution is -0.139. The first-order valence-electron chi connectivity index (χ1n) is 44.3. The van der Waals surface area contributed by atoms with E-state index in [1.165, 1.54) is 64.2 Å². The minimum Gasteiger partial charge on any atom is -0.462 e. The molecule has 0 radical (unpaired) electrons. The Hall–Kier alpha value is -1.87. The van der Waals surface area contributed by atoms with Crippen LogP contribution in [0.2, 0.25) is 0 Å². The molecule has 0 aliphatic carbocycles. The van der Waals surface area contributed by atoms with Crippen molar-refractivity contribution >= 4 is 65.0 Å². The number of hydrogen-bond acceptors (Lipinski definition) is 14. The number of sulfone groups is 6. The predicted octanol–water partition coefficient (Wildman–Crippen LogP) is 25.5. The van der Waals surface area contributed by atoms with Crippen LogP contribution in [0.1, 0.15) is 452 Å². The highest BCUT2D eigenvalue weighted by Gasteiger charge is 2.49. The summed E-state index contributed by atoms with van der Waals surface area (Å²) in [5, 5.41) is 0. The Bertz CT molecular complexity index is 2890. The number of benzene rings is 1. The van der Waals surface area contributed by atoms with Crippen LogP contribution in [0.4, 0.5) is 0 Å². The SMILES string of the molecule is C=C(C)C(=O)OCCCCCCCCCCCS(=O)(=O)c1c(S(=O)(=O)CCCCCCCCCCCCC)c(S(=O)(=O)CCCCCCCCCCCCC)c(S(=O)(=O)CCCCCCCCCCCCC)c(S(=O)(=O)CCCCCCCCCCCCC)c1S(=O)(=O)CCCCCCCCCCCCC. The number of hydrogen-bond donors (Lipinski definition) is 0. The smallest absolute Gasteiger partial charge is 0.333 e. The minimum atomic E-state index is -5.30. The molecule has 106 heavy (non-hydrogen) atoms. The average Bonchev–Trinajstić information content (AvgIpc) is 0.691. The van der Waals surface area contributed by atoms with Crippen LogP contribution in [0.15, 0.2) is 41.5 Å². The van der Waals surface area contributed by atoms with Crippen LogP contribution in [-0.2, 0) is 68.6 Å². The fraction of sp³-hybridized carbons (Fsp3) is 0.895. The van der Waals surface area contributed by atoms with E-state index < -0.39 is 129 Å². The summed E-state index contributed by atoms with van der Waals surface area (Å²) >= 11 is 0. The second-order valence-corrected chi connectivity index (χ2v) is 43.9. The number of unbranched alkanes of at least 4 members (excludes halogenated alkanes) is 58. The third kappa shape index (κ3) is 47.6. The summed E-state index contributed by atoms with van der Waals surface area (Å²) in [6.45, 7) is 16.4. The van der Waals surface area contributed by atoms with E-state index in [0.29, 0.717) is 95.7 Å². The summed E-state index contributed by atoms with van der Waals surface area (Å²) in [7, 11) is -31.7. The van der Waals surface area contributed by atoms with Gasteiger partial charge in [-0.15, -0.1) is 0 Å². The van der Waals surface area contributed by atoms with E-state index in [2.05, 4.69) is 41.2 Å². The summed E-state index contributed by atoms with van der Waals surface area (Å²) in [5.41, 5.74) is 0.340. The maximum atomic E-state index is 16.1. The Balaban J connectivity index is 4.59. The van der Waals surface area contributed by atoms with Gasteiger partial charge in [-0.1, -0.05) is 407 Å². The summed E-state index contributed by atoms with van der Waals surface area (Å²) < 4.78 is 199. The molecule has 0 N–H and O–H groups in total. The van der Waals surface area contributed by atoms with Crippen molar-refractivity contribution in [1.29, 1.82) is 0 Å². The van der Waals surface area contributed by atoms with Gasteiger partial charge >= 0.3 is 5.97 Å². The predicted molar refractivity (Wildman–Crippen MR) is 448 cm³/mol. The van der Waals surface area contributed by atoms with Crippen molar-refractivity contribution in [2.75, 3.05) is 41.1 Å². The number of carbonyl (C=O) groups is 1. The quantitative estimate of drug-likeness (QED) is 0.0335. The van der Waals surface area contributed by atoms with Gasteiger partial charge in [-0.3, -0.25) is 0 Å². The molecular formula is C86H162O14S6. The van der Waals surface area contributed by atoms with Gasteiger partial charge in [-0.2, -0.15) is 0 Å². The molecule has 626 valence electrons. The van der Waals surface area contributed by atoms with E-state index >= 15 is 50.5 Å². The molecule has 0 aliphatic rings. The van der Waals surface area contributed by atoms with Crippen molar-refractivity contribution in [3.8, 4) is 0 Å². The van der Waals surface area contributed by atoms with Crippen LogP contribution in [-0.4, -0.2) is 97.6 Å². The fourth-order valence-corrected chi connectivity index (χ4v) is 28.9. The molecule has 0 spiro atoms. The molecule has 0 atom stereocenters. The second kappa shape index (κ2) is 63.5. The zero-order valence-electron chi connectivity index (χ0n) is 69.1. The molecule has 0 aromatic heterocycles. The Morgan fingerprint density at radius 3 is 0.443 bits per heavy atom. The molecular weight excluding hydrogens is 1450 g/mol. The molecule has 1 rings (SSSR count). The first kappa shape index (κ1) is 102. The summed E-state index contributed by atoms with van der Waals surface area (Å²) in [5.74, 6) is -5.30. The number of ether oxygens (including phenoxy) is 1. The lowest BCUT2D eigenvalue weighted by Gasteiger charge is -2.26. The monoisotopic (exact) mass is 1610 g/mol. The molecule has 1 aromatic rings. The highest BCUT2D eigenvalue weighted by atomic mass is 32.2. The maximum Gasteiger partial charge on any atom is 0.333 e. The van der Waals surface area contributed by atoms with Crippen LogP contribution >= 0.6 is 0 Å². The minimum absolute atomic E-state index is 0.0519. The summed E-state index contributed by atoms with van der Waals surface area (Å²) in [6.07, 6.45) is 52.6. The molecule has 0 amide bonds. The first-order chi connectivity index (χ1) is 50.9. The Morgan fingerprint density at radius 2 is 0.321 bits per heavy atom. The van der Waals surface area contributed by atoms with E-state index in [4.69, 9.17) is 4.74 Å². The van der Waals surface area contributed by atoms with E-state index in [9.17, 15) is 4.79 Å². The van der Waals surface area contributed by atoms with Crippen LogP contribution in [0.3, 0.4) is 0 Å². The second-order valence-electron chi connectivity index (χ2n) is 31.7. The zero-order valence-corrected chi connectivity index (χ0v) is 74.0. The molecule has 0 aliphatic heterocycles. The standard InChI is InChI=1S/C86H162O14S6/c1-8-13-18-23-28-33-38-45-52-59-66-73-101(88,89)80-81(102(90,91)74-67-60-53-46-39-34-29-24-19-14-9-2)83(104(94,95)76-69-62-55-48-41-36-31-26-21-16-11-4)85(106(98,99)78-71-64-57-50-43-44-51-58-65-72-100-86(87)79(6)7)84(105(96,97)77-70-63-56-49-42-37-32-27-22-17-12-5)82(80)103(92,93)75-68-61-54-47-40-35-30-25-20-15-10-3/h6,8-78H2,1-5,7H3. The fourth-order valence-electron chi connectivity index (χ4n) is 14.6. The molecule has 0 fully saturated rings. The highest BCUT2D eigenvalue weighted by molar-refractivity contribution is 7.99. The topological polar surface area (TPSA) is 231 Å². The van der Waals surface area contributed by atoms with E-state index in [-0.39, 0.29) is 38.5 Å². The van der Waals surface area contributed by atoms with E-state index in [1.54, 1.807) is 6.92 Å². The molecule has 0 saturated carbocycles. The summed E-state index contributed by atoms with van der Waals surface area (Å²) in [4.78, 5) is 3.70. The Kier molecular flexibility index (Phi) is 61.2. The maximum absolute atomic E-state index is 16.1. The summed E-state index contributed by atoms with van der Waals surface area (Å²) in [6, 6.07) is 0. The van der Waals surface area contributed by atoms with Crippen molar-refractivity contribution in [2.45, 2.75) is 482 Å². The van der Waals surface area contributed by atoms with Crippen molar-refractivity contribution in [3.05, 3.63) is 12.2 Å². The van der Waals surface area contributed by atoms with Gasteiger partial charge in [0.2, 0.25) is 0 Å². The average molecular weight is 1610 g/mol. The molecule has 0 unspecified atom stereocenters. The van der Waals surface area contributed by atoms with Gasteiger partial charge in [0.05, 0.1) is 41.1 Å². The normalized spacial score (nSPS) is 12.6. The third-order valence-corrected chi connectivity index (χ3v) is 33.2. The van der Waals surface area contributed by atoms with Gasteiger partial charge < -0.3 is 4.74 Å². The van der Waals surface area contributed by atoms with Crippen molar-refractivity contribution in [1.82, 2.24) is 0 Å². The molecule has 14 nitrogen and oxygen atoms in total. The van der Waals surface area contributed by atoms with Crippen molar-refractivity contribution < 1.29 is 60.0 Å². The zero-order chi connectivity index (χ0) is 78.5. The third-order valence-electron chi connectivity index (χ3n) is 21.3. The van der Waals surface area contributed by atoms with Crippen LogP contribution in [0.5, 0.6) is 0 Å². The first-order valence-corrected chi connectivity index (χ1v) is 54.2. The van der Waals surface area contributed by atoms with Gasteiger partial charge in [0.15, 0.2) is 59.0 Å². The molecule has 0 heterocycles. The molecule has 0 saturated heterocycles. The Morgan fingerprint density at radius 1 is 0.208 bits per heavy atom. The van der Waals surface area contributed by atoms with Crippen molar-refractivity contribution in [2.24, 2.45) is 0 Å². The number of esters is 1. The van der Waals surface area contributed by atoms with Gasteiger partial charge in [-0.25, -0.2) is 55.3 Å². The largest absolute Gasteiger partial charge is 0.462 e. The number of carbonyl (C=O) groups excluding carboxylic acids is 1. The lowest BCUT2D eigenvalue weighted by Crippen LogP contribution is -2.30. The number of rotatable bonds is 79. The Labute approximate surface area is 655 Å². The van der Waals surface area contributed by atoms with Crippen LogP contribution in [0, 0.1) is 0 Å². The molecule has 1 aromatic carbocycles. The highest BCUT2D eigenvalue weighted by Crippen LogP contribution is 2.47. The van der Waals surface area contributed by atoms with E-state index in [1.807, 2.05) is 0 Å². The van der Waals surface area contributed by atoms with Crippen LogP contribution < -0.4 is 0 Å². The lowest BCUT2D eigenvalue weighted by atomic mass is 10.1. The van der Waals surface area contributed by atoms with Gasteiger partial charge in [0.25, 0.3) is 0 Å². The van der Waals surface area contributed by atoms with Crippen LogP contribution in [0.25, 0.3) is 0 Å². The van der Waals surface area contributed by atoms with Gasteiger partial charge in [-0.05, 0) is 51.9 Å². The van der Waals surface area contributed by atoms with E-state index in [0.717, 1.165) is 225 Å². The van der Waals surface area contributed by atoms with Gasteiger partial charge in [0, 0.05) is 5.57 Å². The molecule has 20 heteroatoms. The van der Waals surface area contributed by atoms with Gasteiger partial charge in [0.1, 0.15) is 29.4 Å². The van der Waals surface area contributed by atoms with Crippen molar-refractivity contribution in [3.63, 3.8) is 0 Å².